The SMILES string of the molecule is O=C(Nc1ccc(F)c(F)c1)c1ccc(Cl)c(S(=O)(=O)CC2CCC3(CC2)OCCO3)c1. The monoisotopic (exact) mass is 485 g/mol. The molecule has 0 radical (unpaired) electrons. The number of sulfone groups is 1. The van der Waals surface area contributed by atoms with Crippen LogP contribution >= 0.6 is 11.6 Å². The predicted octanol–water partition coefficient (Wildman–Crippen LogP) is 4.58. The minimum atomic E-state index is -3.77. The fourth-order valence-corrected chi connectivity index (χ4v) is 6.41. The van der Waals surface area contributed by atoms with Gasteiger partial charge >= 0.3 is 0 Å². The maximum atomic E-state index is 13.4. The Morgan fingerprint density at radius 2 is 1.75 bits per heavy atom. The van der Waals surface area contributed by atoms with Crippen molar-refractivity contribution in [1.82, 2.24) is 0 Å². The van der Waals surface area contributed by atoms with E-state index in [-0.39, 0.29) is 32.8 Å². The van der Waals surface area contributed by atoms with Crippen LogP contribution in [0.3, 0.4) is 0 Å². The molecule has 1 saturated carbocycles. The second kappa shape index (κ2) is 9.05. The molecule has 172 valence electrons. The van der Waals surface area contributed by atoms with Crippen LogP contribution in [0.5, 0.6) is 0 Å². The Morgan fingerprint density at radius 1 is 1.06 bits per heavy atom. The van der Waals surface area contributed by atoms with Crippen LogP contribution in [0.25, 0.3) is 0 Å². The second-order valence-corrected chi connectivity index (χ2v) is 10.5. The molecule has 1 aliphatic carbocycles. The van der Waals surface area contributed by atoms with E-state index >= 15 is 0 Å². The summed E-state index contributed by atoms with van der Waals surface area (Å²) in [7, 11) is -3.77. The van der Waals surface area contributed by atoms with Crippen molar-refractivity contribution in [1.29, 1.82) is 0 Å². The molecule has 2 fully saturated rings. The first kappa shape index (κ1) is 23.1. The van der Waals surface area contributed by atoms with Gasteiger partial charge in [-0.2, -0.15) is 0 Å². The zero-order chi connectivity index (χ0) is 22.9. The van der Waals surface area contributed by atoms with Crippen molar-refractivity contribution in [3.8, 4) is 0 Å². The molecule has 0 bridgehead atoms. The fourth-order valence-electron chi connectivity index (χ4n) is 4.13. The van der Waals surface area contributed by atoms with E-state index in [4.69, 9.17) is 21.1 Å². The largest absolute Gasteiger partial charge is 0.348 e. The number of benzene rings is 2. The van der Waals surface area contributed by atoms with Crippen molar-refractivity contribution in [3.05, 3.63) is 58.6 Å². The van der Waals surface area contributed by atoms with Gasteiger partial charge in [0.25, 0.3) is 5.91 Å². The van der Waals surface area contributed by atoms with Crippen LogP contribution in [-0.2, 0) is 19.3 Å². The van der Waals surface area contributed by atoms with Crippen LogP contribution in [0.4, 0.5) is 14.5 Å². The Morgan fingerprint density at radius 3 is 2.41 bits per heavy atom. The first-order valence-corrected chi connectivity index (χ1v) is 12.3. The third kappa shape index (κ3) is 4.96. The van der Waals surface area contributed by atoms with Crippen LogP contribution in [0.2, 0.25) is 5.02 Å². The van der Waals surface area contributed by atoms with Crippen molar-refractivity contribution in [3.63, 3.8) is 0 Å². The van der Waals surface area contributed by atoms with Crippen LogP contribution in [0.1, 0.15) is 36.0 Å². The van der Waals surface area contributed by atoms with E-state index in [9.17, 15) is 22.0 Å². The quantitative estimate of drug-likeness (QED) is 0.670. The molecule has 1 amide bonds. The molecule has 1 heterocycles. The first-order chi connectivity index (χ1) is 15.2. The van der Waals surface area contributed by atoms with Crippen molar-refractivity contribution >= 4 is 33.0 Å². The Balaban J connectivity index is 1.47. The van der Waals surface area contributed by atoms with Gasteiger partial charge in [-0.05, 0) is 49.1 Å². The normalized spacial score (nSPS) is 18.7. The number of carbonyl (C=O) groups excluding carboxylic acids is 1. The summed E-state index contributed by atoms with van der Waals surface area (Å²) < 4.78 is 64.0. The highest BCUT2D eigenvalue weighted by molar-refractivity contribution is 7.91. The number of carbonyl (C=O) groups is 1. The number of hydrogen-bond donors (Lipinski definition) is 1. The molecule has 4 rings (SSSR count). The second-order valence-electron chi connectivity index (χ2n) is 8.06. The van der Waals surface area contributed by atoms with Gasteiger partial charge in [0.1, 0.15) is 0 Å². The molecule has 1 saturated heterocycles. The molecule has 0 aromatic heterocycles. The molecule has 0 unspecified atom stereocenters. The van der Waals surface area contributed by atoms with Gasteiger partial charge in [-0.25, -0.2) is 17.2 Å². The standard InChI is InChI=1S/C22H22ClF2NO5S/c23-17-3-1-15(21(27)26-16-2-4-18(24)19(25)12-16)11-20(17)32(28,29)13-14-5-7-22(8-6-14)30-9-10-31-22/h1-4,11-12,14H,5-10,13H2,(H,26,27). The third-order valence-electron chi connectivity index (χ3n) is 5.84. The van der Waals surface area contributed by atoms with Gasteiger partial charge < -0.3 is 14.8 Å². The van der Waals surface area contributed by atoms with Gasteiger partial charge in [0.15, 0.2) is 27.3 Å². The van der Waals surface area contributed by atoms with Gasteiger partial charge in [0, 0.05) is 30.2 Å². The molecule has 2 aliphatic rings. The topological polar surface area (TPSA) is 81.7 Å². The van der Waals surface area contributed by atoms with Gasteiger partial charge in [0.05, 0.1) is 28.9 Å². The minimum Gasteiger partial charge on any atom is -0.348 e. The van der Waals surface area contributed by atoms with Crippen molar-refractivity contribution in [2.45, 2.75) is 36.4 Å². The van der Waals surface area contributed by atoms with Crippen molar-refractivity contribution in [2.75, 3.05) is 24.3 Å². The molecule has 10 heteroatoms. The van der Waals surface area contributed by atoms with Gasteiger partial charge in [-0.1, -0.05) is 11.6 Å². The van der Waals surface area contributed by atoms with Crippen LogP contribution < -0.4 is 5.32 Å². The van der Waals surface area contributed by atoms with Gasteiger partial charge in [-0.3, -0.25) is 4.79 Å². The summed E-state index contributed by atoms with van der Waals surface area (Å²) in [5.41, 5.74) is 0.0776. The fraction of sp³-hybridized carbons (Fsp3) is 0.409. The average molecular weight is 486 g/mol. The molecule has 32 heavy (non-hydrogen) atoms. The number of hydrogen-bond acceptors (Lipinski definition) is 5. The number of anilines is 1. The molecule has 1 spiro atoms. The molecule has 6 nitrogen and oxygen atoms in total. The van der Waals surface area contributed by atoms with Crippen molar-refractivity contribution in [2.24, 2.45) is 5.92 Å². The number of rotatable bonds is 5. The lowest BCUT2D eigenvalue weighted by Crippen LogP contribution is -2.36. The Kier molecular flexibility index (Phi) is 6.53. The van der Waals surface area contributed by atoms with Crippen LogP contribution in [0.15, 0.2) is 41.3 Å². The van der Waals surface area contributed by atoms with E-state index < -0.39 is 33.2 Å². The Hall–Kier alpha value is -2.07. The van der Waals surface area contributed by atoms with E-state index in [1.807, 2.05) is 0 Å². The predicted molar refractivity (Wildman–Crippen MR) is 114 cm³/mol. The molecule has 0 atom stereocenters. The lowest BCUT2D eigenvalue weighted by molar-refractivity contribution is -0.181. The highest BCUT2D eigenvalue weighted by atomic mass is 35.5. The smallest absolute Gasteiger partial charge is 0.255 e. The lowest BCUT2D eigenvalue weighted by atomic mass is 9.86. The summed E-state index contributed by atoms with van der Waals surface area (Å²) in [6, 6.07) is 6.85. The molecular weight excluding hydrogens is 464 g/mol. The van der Waals surface area contributed by atoms with Crippen LogP contribution in [0, 0.1) is 17.6 Å². The first-order valence-electron chi connectivity index (χ1n) is 10.2. The molecule has 2 aromatic carbocycles. The minimum absolute atomic E-state index is 0.0177. The van der Waals surface area contributed by atoms with Gasteiger partial charge in [0.2, 0.25) is 0 Å². The summed E-state index contributed by atoms with van der Waals surface area (Å²) in [6.07, 6.45) is 2.56. The molecular formula is C22H22ClF2NO5S. The summed E-state index contributed by atoms with van der Waals surface area (Å²) in [4.78, 5) is 12.4. The number of ether oxygens (including phenoxy) is 2. The lowest BCUT2D eigenvalue weighted by Gasteiger charge is -2.35. The summed E-state index contributed by atoms with van der Waals surface area (Å²) in [5, 5.41) is 2.44. The molecule has 1 N–H and O–H groups in total. The van der Waals surface area contributed by atoms with Gasteiger partial charge in [-0.15, -0.1) is 0 Å². The molecule has 1 aliphatic heterocycles. The number of halogens is 3. The maximum absolute atomic E-state index is 13.4. The van der Waals surface area contributed by atoms with E-state index in [0.29, 0.717) is 38.9 Å². The summed E-state index contributed by atoms with van der Waals surface area (Å²) >= 11 is 6.16. The highest BCUT2D eigenvalue weighted by Crippen LogP contribution is 2.39. The van der Waals surface area contributed by atoms with E-state index in [1.54, 1.807) is 0 Å². The van der Waals surface area contributed by atoms with Crippen molar-refractivity contribution < 1.29 is 31.5 Å². The summed E-state index contributed by atoms with van der Waals surface area (Å²) in [6.45, 7) is 1.11. The Labute approximate surface area is 189 Å². The summed E-state index contributed by atoms with van der Waals surface area (Å²) in [5.74, 6) is -3.56. The zero-order valence-electron chi connectivity index (χ0n) is 17.1. The highest BCUT2D eigenvalue weighted by Gasteiger charge is 2.41. The zero-order valence-corrected chi connectivity index (χ0v) is 18.6. The maximum Gasteiger partial charge on any atom is 0.255 e. The number of amides is 1. The number of nitrogens with one attached hydrogen (secondary N) is 1. The van der Waals surface area contributed by atoms with E-state index in [2.05, 4.69) is 5.32 Å². The average Bonchev–Trinajstić information content (AvgIpc) is 3.21. The van der Waals surface area contributed by atoms with Crippen LogP contribution in [-0.4, -0.2) is 39.1 Å². The van der Waals surface area contributed by atoms with E-state index in [1.165, 1.54) is 24.3 Å². The third-order valence-corrected chi connectivity index (χ3v) is 8.20. The van der Waals surface area contributed by atoms with E-state index in [0.717, 1.165) is 12.1 Å². The Bertz CT molecular complexity index is 1130. The molecule has 2 aromatic rings.